The van der Waals surface area contributed by atoms with Gasteiger partial charge in [0.15, 0.2) is 0 Å². The van der Waals surface area contributed by atoms with Crippen LogP contribution in [0.3, 0.4) is 0 Å². The molecule has 13 heavy (non-hydrogen) atoms. The van der Waals surface area contributed by atoms with Crippen LogP contribution < -0.4 is 4.72 Å². The van der Waals surface area contributed by atoms with Crippen molar-refractivity contribution in [1.29, 1.82) is 0 Å². The molecular formula is C7H8FNO3S. The molecule has 0 aromatic heterocycles. The Morgan fingerprint density at radius 1 is 1.46 bits per heavy atom. The van der Waals surface area contributed by atoms with Crippen LogP contribution in [0.1, 0.15) is 0 Å². The van der Waals surface area contributed by atoms with Gasteiger partial charge in [0.2, 0.25) is 10.0 Å². The third kappa shape index (κ3) is 2.90. The Labute approximate surface area is 75.1 Å². The lowest BCUT2D eigenvalue weighted by Crippen LogP contribution is -2.09. The van der Waals surface area contributed by atoms with Gasteiger partial charge in [-0.1, -0.05) is 0 Å². The zero-order valence-electron chi connectivity index (χ0n) is 6.78. The molecule has 0 fully saturated rings. The van der Waals surface area contributed by atoms with Crippen molar-refractivity contribution in [2.75, 3.05) is 11.0 Å². The van der Waals surface area contributed by atoms with Crippen molar-refractivity contribution < 1.29 is 17.9 Å². The van der Waals surface area contributed by atoms with Gasteiger partial charge in [0, 0.05) is 6.07 Å². The van der Waals surface area contributed by atoms with Gasteiger partial charge in [0.1, 0.15) is 11.6 Å². The summed E-state index contributed by atoms with van der Waals surface area (Å²) in [5, 5.41) is 9.10. The number of phenols is 1. The lowest BCUT2D eigenvalue weighted by molar-refractivity contribution is 0.475. The molecule has 72 valence electrons. The van der Waals surface area contributed by atoms with Crippen LogP contribution >= 0.6 is 0 Å². The average Bonchev–Trinajstić information content (AvgIpc) is 1.94. The minimum atomic E-state index is -3.49. The number of anilines is 1. The summed E-state index contributed by atoms with van der Waals surface area (Å²) < 4.78 is 36.0. The van der Waals surface area contributed by atoms with Crippen LogP contribution in [0, 0.1) is 5.82 Å². The number of hydrogen-bond donors (Lipinski definition) is 2. The van der Waals surface area contributed by atoms with Crippen LogP contribution in [0.25, 0.3) is 0 Å². The second-order valence-electron chi connectivity index (χ2n) is 2.54. The lowest BCUT2D eigenvalue weighted by atomic mass is 10.3. The molecule has 4 nitrogen and oxygen atoms in total. The summed E-state index contributed by atoms with van der Waals surface area (Å²) in [4.78, 5) is 0. The van der Waals surface area contributed by atoms with E-state index in [9.17, 15) is 12.8 Å². The molecule has 1 aromatic rings. The average molecular weight is 205 g/mol. The Morgan fingerprint density at radius 3 is 2.62 bits per heavy atom. The van der Waals surface area contributed by atoms with Gasteiger partial charge in [0.25, 0.3) is 0 Å². The first-order valence-corrected chi connectivity index (χ1v) is 5.24. The molecule has 0 bridgehead atoms. The molecule has 0 atom stereocenters. The van der Waals surface area contributed by atoms with E-state index in [1.54, 1.807) is 0 Å². The van der Waals surface area contributed by atoms with Crippen LogP contribution in [0.4, 0.5) is 10.1 Å². The number of sulfonamides is 1. The maximum Gasteiger partial charge on any atom is 0.229 e. The van der Waals surface area contributed by atoms with Crippen molar-refractivity contribution in [2.24, 2.45) is 0 Å². The largest absolute Gasteiger partial charge is 0.506 e. The third-order valence-electron chi connectivity index (χ3n) is 1.25. The van der Waals surface area contributed by atoms with Gasteiger partial charge in [-0.3, -0.25) is 4.72 Å². The van der Waals surface area contributed by atoms with Gasteiger partial charge >= 0.3 is 0 Å². The SMILES string of the molecule is CS(=O)(=O)Nc1cc(F)ccc1O. The maximum atomic E-state index is 12.6. The normalized spacial score (nSPS) is 11.2. The van der Waals surface area contributed by atoms with E-state index in [1.807, 2.05) is 4.72 Å². The van der Waals surface area contributed by atoms with E-state index in [0.29, 0.717) is 0 Å². The van der Waals surface area contributed by atoms with Gasteiger partial charge in [0.05, 0.1) is 11.9 Å². The fourth-order valence-electron chi connectivity index (χ4n) is 0.790. The van der Waals surface area contributed by atoms with Crippen molar-refractivity contribution in [3.05, 3.63) is 24.0 Å². The standard InChI is InChI=1S/C7H8FNO3S/c1-13(11,12)9-6-4-5(8)2-3-7(6)10/h2-4,9-10H,1H3. The minimum Gasteiger partial charge on any atom is -0.506 e. The Balaban J connectivity index is 3.08. The molecule has 0 amide bonds. The molecule has 0 aliphatic rings. The van der Waals surface area contributed by atoms with Crippen molar-refractivity contribution in [1.82, 2.24) is 0 Å². The molecule has 0 aliphatic heterocycles. The first-order valence-electron chi connectivity index (χ1n) is 3.35. The fourth-order valence-corrected chi connectivity index (χ4v) is 1.35. The van der Waals surface area contributed by atoms with Crippen molar-refractivity contribution in [3.8, 4) is 5.75 Å². The van der Waals surface area contributed by atoms with E-state index in [-0.39, 0.29) is 11.4 Å². The fraction of sp³-hybridized carbons (Fsp3) is 0.143. The molecule has 6 heteroatoms. The molecule has 0 spiro atoms. The van der Waals surface area contributed by atoms with Gasteiger partial charge in [-0.05, 0) is 12.1 Å². The van der Waals surface area contributed by atoms with E-state index in [4.69, 9.17) is 5.11 Å². The van der Waals surface area contributed by atoms with Gasteiger partial charge in [-0.15, -0.1) is 0 Å². The molecule has 0 heterocycles. The number of rotatable bonds is 2. The van der Waals surface area contributed by atoms with E-state index in [1.165, 1.54) is 0 Å². The summed E-state index contributed by atoms with van der Waals surface area (Å²) >= 11 is 0. The zero-order chi connectivity index (χ0) is 10.1. The van der Waals surface area contributed by atoms with Crippen molar-refractivity contribution in [3.63, 3.8) is 0 Å². The van der Waals surface area contributed by atoms with Crippen LogP contribution in [0.15, 0.2) is 18.2 Å². The van der Waals surface area contributed by atoms with Crippen LogP contribution in [0.5, 0.6) is 5.75 Å². The lowest BCUT2D eigenvalue weighted by Gasteiger charge is -2.05. The van der Waals surface area contributed by atoms with Crippen LogP contribution in [0.2, 0.25) is 0 Å². The highest BCUT2D eigenvalue weighted by Crippen LogP contribution is 2.23. The van der Waals surface area contributed by atoms with E-state index in [0.717, 1.165) is 24.5 Å². The Hall–Kier alpha value is -1.30. The Kier molecular flexibility index (Phi) is 2.42. The van der Waals surface area contributed by atoms with E-state index < -0.39 is 15.8 Å². The number of nitrogens with one attached hydrogen (secondary N) is 1. The molecule has 0 saturated heterocycles. The topological polar surface area (TPSA) is 66.4 Å². The summed E-state index contributed by atoms with van der Waals surface area (Å²) in [7, 11) is -3.49. The second kappa shape index (κ2) is 3.21. The summed E-state index contributed by atoms with van der Waals surface area (Å²) in [6, 6.07) is 3.00. The van der Waals surface area contributed by atoms with Crippen LogP contribution in [-0.4, -0.2) is 19.8 Å². The number of hydrogen-bond acceptors (Lipinski definition) is 3. The summed E-state index contributed by atoms with van der Waals surface area (Å²) in [6.07, 6.45) is 0.914. The number of benzene rings is 1. The summed E-state index contributed by atoms with van der Waals surface area (Å²) in [5.74, 6) is -0.934. The predicted octanol–water partition coefficient (Wildman–Crippen LogP) is 0.903. The number of aromatic hydroxyl groups is 1. The molecule has 0 unspecified atom stereocenters. The first-order chi connectivity index (χ1) is 5.88. The van der Waals surface area contributed by atoms with Gasteiger partial charge < -0.3 is 5.11 Å². The Morgan fingerprint density at radius 2 is 2.08 bits per heavy atom. The van der Waals surface area contributed by atoms with Crippen molar-refractivity contribution >= 4 is 15.7 Å². The molecule has 0 aliphatic carbocycles. The van der Waals surface area contributed by atoms with Gasteiger partial charge in [-0.25, -0.2) is 12.8 Å². The Bertz CT molecular complexity index is 416. The highest BCUT2D eigenvalue weighted by Gasteiger charge is 2.07. The summed E-state index contributed by atoms with van der Waals surface area (Å²) in [6.45, 7) is 0. The second-order valence-corrected chi connectivity index (χ2v) is 4.28. The highest BCUT2D eigenvalue weighted by atomic mass is 32.2. The van der Waals surface area contributed by atoms with E-state index in [2.05, 4.69) is 0 Å². The number of halogens is 1. The number of phenolic OH excluding ortho intramolecular Hbond substituents is 1. The molecule has 1 rings (SSSR count). The highest BCUT2D eigenvalue weighted by molar-refractivity contribution is 7.92. The molecular weight excluding hydrogens is 197 g/mol. The van der Waals surface area contributed by atoms with Crippen molar-refractivity contribution in [2.45, 2.75) is 0 Å². The first kappa shape index (κ1) is 9.79. The smallest absolute Gasteiger partial charge is 0.229 e. The van der Waals surface area contributed by atoms with Gasteiger partial charge in [-0.2, -0.15) is 0 Å². The summed E-state index contributed by atoms with van der Waals surface area (Å²) in [5.41, 5.74) is -0.164. The van der Waals surface area contributed by atoms with E-state index >= 15 is 0 Å². The molecule has 2 N–H and O–H groups in total. The molecule has 0 radical (unpaired) electrons. The maximum absolute atomic E-state index is 12.6. The minimum absolute atomic E-state index is 0.164. The monoisotopic (exact) mass is 205 g/mol. The molecule has 0 saturated carbocycles. The third-order valence-corrected chi connectivity index (χ3v) is 1.84. The quantitative estimate of drug-likeness (QED) is 0.705. The zero-order valence-corrected chi connectivity index (χ0v) is 7.60. The predicted molar refractivity (Wildman–Crippen MR) is 46.5 cm³/mol. The molecule has 1 aromatic carbocycles. The van der Waals surface area contributed by atoms with Crippen LogP contribution in [-0.2, 0) is 10.0 Å².